The average molecular weight is 593 g/mol. The van der Waals surface area contributed by atoms with Gasteiger partial charge in [0.2, 0.25) is 0 Å². The topological polar surface area (TPSA) is 150 Å². The van der Waals surface area contributed by atoms with Gasteiger partial charge in [-0.25, -0.2) is 4.79 Å². The van der Waals surface area contributed by atoms with E-state index >= 15 is 0 Å². The molecule has 2 rings (SSSR count). The van der Waals surface area contributed by atoms with Gasteiger partial charge in [-0.15, -0.1) is 0 Å². The highest BCUT2D eigenvalue weighted by molar-refractivity contribution is 5.98. The molecule has 1 aromatic carbocycles. The van der Waals surface area contributed by atoms with Gasteiger partial charge in [0.15, 0.2) is 6.10 Å². The van der Waals surface area contributed by atoms with Crippen molar-refractivity contribution in [1.82, 2.24) is 0 Å². The standard InChI is InChI=1S/C30H40O12/c1-18(11-13-25(33)36-5)10-12-23-28(37-6)19(2)24-17-41-30(35)27(24)29(23)38-14-8-7-9-26(34)42-22(15-39-20(3)31)16-40-21(4)32/h10,22H,7-9,11-17H2,1-6H3/b18-10+. The zero-order valence-electron chi connectivity index (χ0n) is 25.1. The highest BCUT2D eigenvalue weighted by Gasteiger charge is 2.33. The molecule has 0 atom stereocenters. The molecule has 0 bridgehead atoms. The van der Waals surface area contributed by atoms with Gasteiger partial charge in [0.25, 0.3) is 0 Å². The number of hydrogen-bond acceptors (Lipinski definition) is 12. The Labute approximate surface area is 245 Å². The van der Waals surface area contributed by atoms with E-state index in [1.807, 2.05) is 19.9 Å². The molecule has 0 fully saturated rings. The van der Waals surface area contributed by atoms with Crippen LogP contribution in [0.1, 0.15) is 79.9 Å². The minimum Gasteiger partial charge on any atom is -0.496 e. The summed E-state index contributed by atoms with van der Waals surface area (Å²) in [6.07, 6.45) is 3.13. The first-order valence-corrected chi connectivity index (χ1v) is 13.7. The molecule has 0 saturated carbocycles. The third-order valence-corrected chi connectivity index (χ3v) is 6.50. The van der Waals surface area contributed by atoms with Gasteiger partial charge in [-0.2, -0.15) is 0 Å². The van der Waals surface area contributed by atoms with Crippen LogP contribution in [0.5, 0.6) is 11.5 Å². The average Bonchev–Trinajstić information content (AvgIpc) is 3.34. The minimum absolute atomic E-state index is 0.0480. The highest BCUT2D eigenvalue weighted by atomic mass is 16.6. The van der Waals surface area contributed by atoms with Gasteiger partial charge < -0.3 is 33.2 Å². The summed E-state index contributed by atoms with van der Waals surface area (Å²) >= 11 is 0. The molecule has 0 aliphatic carbocycles. The van der Waals surface area contributed by atoms with Crippen LogP contribution in [-0.4, -0.2) is 70.0 Å². The van der Waals surface area contributed by atoms with Crippen molar-refractivity contribution < 1.29 is 57.1 Å². The number of benzene rings is 1. The molecular weight excluding hydrogens is 552 g/mol. The second-order valence-corrected chi connectivity index (χ2v) is 9.75. The molecular formula is C30H40O12. The maximum Gasteiger partial charge on any atom is 0.342 e. The lowest BCUT2D eigenvalue weighted by atomic mass is 9.94. The fourth-order valence-corrected chi connectivity index (χ4v) is 4.28. The molecule has 0 aromatic heterocycles. The van der Waals surface area contributed by atoms with Crippen LogP contribution in [0.25, 0.3) is 0 Å². The van der Waals surface area contributed by atoms with Gasteiger partial charge in [-0.05, 0) is 45.1 Å². The Bertz CT molecular complexity index is 1170. The number of esters is 5. The van der Waals surface area contributed by atoms with Crippen molar-refractivity contribution in [2.24, 2.45) is 0 Å². The van der Waals surface area contributed by atoms with E-state index in [0.29, 0.717) is 53.9 Å². The number of cyclic esters (lactones) is 1. The number of unbranched alkanes of at least 4 members (excludes halogenated alkanes) is 1. The number of carbonyl (C=O) groups excluding carboxylic acids is 5. The number of rotatable bonds is 17. The maximum absolute atomic E-state index is 12.7. The molecule has 232 valence electrons. The van der Waals surface area contributed by atoms with Crippen LogP contribution in [0.3, 0.4) is 0 Å². The van der Waals surface area contributed by atoms with Crippen LogP contribution >= 0.6 is 0 Å². The Morgan fingerprint density at radius 3 is 2.17 bits per heavy atom. The van der Waals surface area contributed by atoms with Gasteiger partial charge in [0, 0.05) is 37.8 Å². The Kier molecular flexibility index (Phi) is 13.8. The molecule has 42 heavy (non-hydrogen) atoms. The largest absolute Gasteiger partial charge is 0.496 e. The van der Waals surface area contributed by atoms with Crippen molar-refractivity contribution in [1.29, 1.82) is 0 Å². The Balaban J connectivity index is 2.08. The minimum atomic E-state index is -0.915. The summed E-state index contributed by atoms with van der Waals surface area (Å²) in [5.74, 6) is -1.46. The summed E-state index contributed by atoms with van der Waals surface area (Å²) < 4.78 is 36.9. The van der Waals surface area contributed by atoms with Crippen molar-refractivity contribution in [3.63, 3.8) is 0 Å². The molecule has 0 unspecified atom stereocenters. The lowest BCUT2D eigenvalue weighted by molar-refractivity contribution is -0.165. The fraction of sp³-hybridized carbons (Fsp3) is 0.567. The third-order valence-electron chi connectivity index (χ3n) is 6.50. The Morgan fingerprint density at radius 1 is 0.905 bits per heavy atom. The summed E-state index contributed by atoms with van der Waals surface area (Å²) in [6.45, 7) is 6.07. The quantitative estimate of drug-likeness (QED) is 0.112. The Morgan fingerprint density at radius 2 is 1.57 bits per heavy atom. The number of hydrogen-bond donors (Lipinski definition) is 0. The van der Waals surface area contributed by atoms with E-state index in [2.05, 4.69) is 0 Å². The van der Waals surface area contributed by atoms with Gasteiger partial charge in [-0.3, -0.25) is 19.2 Å². The van der Waals surface area contributed by atoms with Crippen molar-refractivity contribution in [3.8, 4) is 11.5 Å². The van der Waals surface area contributed by atoms with E-state index in [9.17, 15) is 24.0 Å². The second-order valence-electron chi connectivity index (χ2n) is 9.75. The van der Waals surface area contributed by atoms with Crippen molar-refractivity contribution in [2.75, 3.05) is 34.0 Å². The first-order chi connectivity index (χ1) is 20.0. The number of methoxy groups -OCH3 is 2. The maximum atomic E-state index is 12.7. The van der Waals surface area contributed by atoms with Gasteiger partial charge in [0.1, 0.15) is 36.9 Å². The number of allylic oxidation sites excluding steroid dienone is 2. The fourth-order valence-electron chi connectivity index (χ4n) is 4.28. The summed E-state index contributed by atoms with van der Waals surface area (Å²) in [5, 5.41) is 0. The van der Waals surface area contributed by atoms with Crippen molar-refractivity contribution in [3.05, 3.63) is 33.9 Å². The normalized spacial score (nSPS) is 12.4. The van der Waals surface area contributed by atoms with Gasteiger partial charge in [-0.1, -0.05) is 11.6 Å². The molecule has 12 nitrogen and oxygen atoms in total. The first-order valence-electron chi connectivity index (χ1n) is 13.7. The number of carbonyl (C=O) groups is 5. The third kappa shape index (κ3) is 10.4. The monoisotopic (exact) mass is 592 g/mol. The SMILES string of the molecule is COC(=O)CC/C(C)=C/Cc1c(OC)c(C)c2c(c1OCCCCC(=O)OC(COC(C)=O)COC(C)=O)C(=O)OC2. The first kappa shape index (κ1) is 34.1. The number of fused-ring (bicyclic) bond motifs is 1. The van der Waals surface area contributed by atoms with E-state index in [1.165, 1.54) is 21.0 Å². The van der Waals surface area contributed by atoms with Crippen molar-refractivity contribution >= 4 is 29.8 Å². The molecule has 0 N–H and O–H groups in total. The smallest absolute Gasteiger partial charge is 0.342 e. The molecule has 1 aliphatic heterocycles. The van der Waals surface area contributed by atoms with Gasteiger partial charge in [0.05, 0.1) is 20.8 Å². The summed E-state index contributed by atoms with van der Waals surface area (Å²) in [7, 11) is 2.90. The predicted octanol–water partition coefficient (Wildman–Crippen LogP) is 3.70. The van der Waals surface area contributed by atoms with Crippen LogP contribution in [0.15, 0.2) is 11.6 Å². The van der Waals surface area contributed by atoms with E-state index in [0.717, 1.165) is 11.1 Å². The summed E-state index contributed by atoms with van der Waals surface area (Å²) in [5.41, 5.74) is 3.51. The van der Waals surface area contributed by atoms with Crippen LogP contribution in [0.4, 0.5) is 0 Å². The molecule has 0 radical (unpaired) electrons. The van der Waals surface area contributed by atoms with E-state index in [4.69, 9.17) is 33.2 Å². The molecule has 0 spiro atoms. The molecule has 1 heterocycles. The zero-order valence-corrected chi connectivity index (χ0v) is 25.1. The van der Waals surface area contributed by atoms with Crippen LogP contribution < -0.4 is 9.47 Å². The van der Waals surface area contributed by atoms with Gasteiger partial charge >= 0.3 is 29.8 Å². The molecule has 1 aromatic rings. The molecule has 1 aliphatic rings. The van der Waals surface area contributed by atoms with Crippen LogP contribution in [-0.2, 0) is 55.9 Å². The highest BCUT2D eigenvalue weighted by Crippen LogP contribution is 2.43. The molecule has 12 heteroatoms. The summed E-state index contributed by atoms with van der Waals surface area (Å²) in [4.78, 5) is 58.8. The van der Waals surface area contributed by atoms with E-state index in [-0.39, 0.29) is 45.2 Å². The Hall–Kier alpha value is -4.09. The number of ether oxygens (including phenoxy) is 7. The van der Waals surface area contributed by atoms with Crippen LogP contribution in [0.2, 0.25) is 0 Å². The lowest BCUT2D eigenvalue weighted by Gasteiger charge is -2.20. The predicted molar refractivity (Wildman–Crippen MR) is 148 cm³/mol. The molecule has 0 saturated heterocycles. The lowest BCUT2D eigenvalue weighted by Crippen LogP contribution is -2.30. The second kappa shape index (κ2) is 17.0. The van der Waals surface area contributed by atoms with Crippen molar-refractivity contribution in [2.45, 2.75) is 78.9 Å². The zero-order chi connectivity index (χ0) is 31.2. The van der Waals surface area contributed by atoms with E-state index < -0.39 is 30.0 Å². The molecule has 0 amide bonds. The van der Waals surface area contributed by atoms with Crippen LogP contribution in [0, 0.1) is 6.92 Å². The summed E-state index contributed by atoms with van der Waals surface area (Å²) in [6, 6.07) is 0. The van der Waals surface area contributed by atoms with E-state index in [1.54, 1.807) is 7.11 Å².